The van der Waals surface area contributed by atoms with Gasteiger partial charge in [0.05, 0.1) is 18.8 Å². The van der Waals surface area contributed by atoms with Gasteiger partial charge in [0.15, 0.2) is 0 Å². The van der Waals surface area contributed by atoms with Crippen LogP contribution in [0.1, 0.15) is 59.3 Å². The zero-order chi connectivity index (χ0) is 16.8. The van der Waals surface area contributed by atoms with Crippen molar-refractivity contribution >= 4 is 0 Å². The number of unbranched alkanes of at least 4 members (excludes halogenated alkanes) is 4. The number of piperidine rings is 1. The smallest absolute Gasteiger partial charge is 0.109 e. The first-order valence-electron chi connectivity index (χ1n) is 8.65. The largest absolute Gasteiger partial charge is 0.395 e. The van der Waals surface area contributed by atoms with E-state index in [9.17, 15) is 20.4 Å². The maximum absolute atomic E-state index is 9.92. The van der Waals surface area contributed by atoms with Crippen molar-refractivity contribution in [3.8, 4) is 0 Å². The van der Waals surface area contributed by atoms with Crippen molar-refractivity contribution in [1.29, 1.82) is 0 Å². The van der Waals surface area contributed by atoms with Gasteiger partial charge < -0.3 is 20.4 Å². The molecule has 5 nitrogen and oxygen atoms in total. The molecule has 22 heavy (non-hydrogen) atoms. The first-order valence-corrected chi connectivity index (χ1v) is 8.65. The molecule has 0 aliphatic carbocycles. The molecule has 0 aromatic heterocycles. The first kappa shape index (κ1) is 19.8. The van der Waals surface area contributed by atoms with Gasteiger partial charge in [-0.1, -0.05) is 46.5 Å². The van der Waals surface area contributed by atoms with Crippen LogP contribution in [-0.4, -0.2) is 69.4 Å². The van der Waals surface area contributed by atoms with E-state index in [1.807, 2.05) is 4.90 Å². The van der Waals surface area contributed by atoms with Gasteiger partial charge in [0, 0.05) is 6.54 Å². The van der Waals surface area contributed by atoms with Crippen molar-refractivity contribution in [3.05, 3.63) is 0 Å². The molecule has 1 rings (SSSR count). The summed E-state index contributed by atoms with van der Waals surface area (Å²) in [6.07, 6.45) is 3.87. The average molecular weight is 317 g/mol. The summed E-state index contributed by atoms with van der Waals surface area (Å²) < 4.78 is 0. The van der Waals surface area contributed by atoms with Gasteiger partial charge in [-0.25, -0.2) is 0 Å². The monoisotopic (exact) mass is 317 g/mol. The molecule has 1 aliphatic heterocycles. The molecule has 1 fully saturated rings. The number of rotatable bonds is 8. The lowest BCUT2D eigenvalue weighted by Gasteiger charge is -2.43. The zero-order valence-corrected chi connectivity index (χ0v) is 14.4. The molecule has 0 aromatic rings. The standard InChI is InChI=1S/C17H35NO4/c1-17(2,3)9-7-5-4-6-8-10-18-11-14(20)16(22)15(21)13(18)12-19/h13-16,19-22H,4-12H2,1-3H3/t13-,14+,15-,16-/m1/s1. The van der Waals surface area contributed by atoms with Crippen LogP contribution in [0.5, 0.6) is 0 Å². The summed E-state index contributed by atoms with van der Waals surface area (Å²) in [5.74, 6) is 0. The highest BCUT2D eigenvalue weighted by molar-refractivity contribution is 4.93. The summed E-state index contributed by atoms with van der Waals surface area (Å²) in [6, 6.07) is -0.473. The zero-order valence-electron chi connectivity index (χ0n) is 14.4. The number of aliphatic hydroxyl groups excluding tert-OH is 4. The minimum Gasteiger partial charge on any atom is -0.395 e. The minimum atomic E-state index is -1.16. The van der Waals surface area contributed by atoms with Gasteiger partial charge in [-0.15, -0.1) is 0 Å². The number of hydrogen-bond donors (Lipinski definition) is 4. The van der Waals surface area contributed by atoms with E-state index in [4.69, 9.17) is 0 Å². The van der Waals surface area contributed by atoms with E-state index >= 15 is 0 Å². The van der Waals surface area contributed by atoms with Crippen LogP contribution >= 0.6 is 0 Å². The normalized spacial score (nSPS) is 30.7. The Labute approximate surface area is 135 Å². The Bertz CT molecular complexity index is 306. The van der Waals surface area contributed by atoms with Gasteiger partial charge in [0.2, 0.25) is 0 Å². The van der Waals surface area contributed by atoms with Gasteiger partial charge in [-0.3, -0.25) is 4.90 Å². The van der Waals surface area contributed by atoms with Crippen LogP contribution in [0.25, 0.3) is 0 Å². The molecule has 4 atom stereocenters. The van der Waals surface area contributed by atoms with E-state index in [0.717, 1.165) is 19.4 Å². The first-order chi connectivity index (χ1) is 10.3. The number of β-amino-alcohol motifs (C(OH)–C–C–N with tert-alkyl or cyclic N) is 1. The molecule has 0 amide bonds. The molecule has 4 N–H and O–H groups in total. The Hall–Kier alpha value is -0.200. The number of hydrogen-bond acceptors (Lipinski definition) is 5. The summed E-state index contributed by atoms with van der Waals surface area (Å²) in [5, 5.41) is 38.7. The van der Waals surface area contributed by atoms with Crippen LogP contribution in [0.4, 0.5) is 0 Å². The van der Waals surface area contributed by atoms with Gasteiger partial charge in [0.25, 0.3) is 0 Å². The second-order valence-electron chi connectivity index (χ2n) is 7.87. The fraction of sp³-hybridized carbons (Fsp3) is 1.00. The molecule has 0 radical (unpaired) electrons. The molecular formula is C17H35NO4. The number of likely N-dealkylation sites (tertiary alicyclic amines) is 1. The molecule has 1 aliphatic rings. The average Bonchev–Trinajstić information content (AvgIpc) is 2.43. The van der Waals surface area contributed by atoms with Crippen molar-refractivity contribution < 1.29 is 20.4 Å². The second-order valence-corrected chi connectivity index (χ2v) is 7.87. The summed E-state index contributed by atoms with van der Waals surface area (Å²) in [7, 11) is 0. The lowest BCUT2D eigenvalue weighted by Crippen LogP contribution is -2.62. The van der Waals surface area contributed by atoms with Gasteiger partial charge in [-0.2, -0.15) is 0 Å². The summed E-state index contributed by atoms with van der Waals surface area (Å²) >= 11 is 0. The summed E-state index contributed by atoms with van der Waals surface area (Å²) in [5.41, 5.74) is 0.412. The van der Waals surface area contributed by atoms with Crippen molar-refractivity contribution in [2.24, 2.45) is 5.41 Å². The predicted octanol–water partition coefficient (Wildman–Crippen LogP) is 1.13. The Morgan fingerprint density at radius 1 is 0.909 bits per heavy atom. The van der Waals surface area contributed by atoms with Crippen LogP contribution in [0, 0.1) is 5.41 Å². The fourth-order valence-electron chi connectivity index (χ4n) is 3.14. The molecule has 132 valence electrons. The molecule has 0 spiro atoms. The molecule has 0 bridgehead atoms. The molecule has 0 unspecified atom stereocenters. The topological polar surface area (TPSA) is 84.2 Å². The van der Waals surface area contributed by atoms with E-state index in [1.54, 1.807) is 0 Å². The van der Waals surface area contributed by atoms with E-state index < -0.39 is 24.4 Å². The Morgan fingerprint density at radius 2 is 1.50 bits per heavy atom. The molecular weight excluding hydrogens is 282 g/mol. The van der Waals surface area contributed by atoms with Crippen LogP contribution in [0.3, 0.4) is 0 Å². The van der Waals surface area contributed by atoms with E-state index in [1.165, 1.54) is 25.7 Å². The SMILES string of the molecule is CC(C)(C)CCCCCCCN1C[C@H](O)[C@@H](O)[C@H](O)[C@H]1CO. The minimum absolute atomic E-state index is 0.198. The van der Waals surface area contributed by atoms with E-state index in [0.29, 0.717) is 12.0 Å². The van der Waals surface area contributed by atoms with Crippen LogP contribution in [0.15, 0.2) is 0 Å². The number of nitrogens with zero attached hydrogens (tertiary/aromatic N) is 1. The van der Waals surface area contributed by atoms with Gasteiger partial charge in [-0.05, 0) is 24.8 Å². The highest BCUT2D eigenvalue weighted by Crippen LogP contribution is 2.23. The Morgan fingerprint density at radius 3 is 2.09 bits per heavy atom. The van der Waals surface area contributed by atoms with E-state index in [-0.39, 0.29) is 6.61 Å². The third kappa shape index (κ3) is 6.50. The predicted molar refractivity (Wildman–Crippen MR) is 87.6 cm³/mol. The van der Waals surface area contributed by atoms with E-state index in [2.05, 4.69) is 20.8 Å². The highest BCUT2D eigenvalue weighted by Gasteiger charge is 2.40. The fourth-order valence-corrected chi connectivity index (χ4v) is 3.14. The van der Waals surface area contributed by atoms with Crippen molar-refractivity contribution in [3.63, 3.8) is 0 Å². The Kier molecular flexibility index (Phi) is 8.28. The van der Waals surface area contributed by atoms with Crippen molar-refractivity contribution in [1.82, 2.24) is 4.90 Å². The van der Waals surface area contributed by atoms with Gasteiger partial charge in [0.1, 0.15) is 12.2 Å². The molecule has 1 saturated heterocycles. The third-order valence-electron chi connectivity index (χ3n) is 4.59. The van der Waals surface area contributed by atoms with Crippen LogP contribution in [0.2, 0.25) is 0 Å². The Balaban J connectivity index is 2.20. The third-order valence-corrected chi connectivity index (χ3v) is 4.59. The van der Waals surface area contributed by atoms with Crippen LogP contribution < -0.4 is 0 Å². The number of aliphatic hydroxyl groups is 4. The second kappa shape index (κ2) is 9.18. The van der Waals surface area contributed by atoms with Crippen LogP contribution in [-0.2, 0) is 0 Å². The highest BCUT2D eigenvalue weighted by atomic mass is 16.4. The van der Waals surface area contributed by atoms with Gasteiger partial charge >= 0.3 is 0 Å². The molecule has 1 heterocycles. The molecule has 0 aromatic carbocycles. The lowest BCUT2D eigenvalue weighted by atomic mass is 9.89. The maximum atomic E-state index is 9.92. The van der Waals surface area contributed by atoms with Crippen molar-refractivity contribution in [2.45, 2.75) is 83.6 Å². The maximum Gasteiger partial charge on any atom is 0.109 e. The lowest BCUT2D eigenvalue weighted by molar-refractivity contribution is -0.145. The quantitative estimate of drug-likeness (QED) is 0.505. The summed E-state index contributed by atoms with van der Waals surface area (Å²) in [4.78, 5) is 1.90. The summed E-state index contributed by atoms with van der Waals surface area (Å²) in [6.45, 7) is 7.66. The molecule has 0 saturated carbocycles. The molecule has 5 heteroatoms. The van der Waals surface area contributed by atoms with Crippen molar-refractivity contribution in [2.75, 3.05) is 19.7 Å².